The van der Waals surface area contributed by atoms with Crippen LogP contribution in [0.5, 0.6) is 0 Å². The topological polar surface area (TPSA) is 40.5 Å². The third-order valence-corrected chi connectivity index (χ3v) is 4.16. The highest BCUT2D eigenvalue weighted by Crippen LogP contribution is 2.29. The van der Waals surface area contributed by atoms with E-state index in [1.807, 2.05) is 6.92 Å². The van der Waals surface area contributed by atoms with E-state index in [1.165, 1.54) is 36.0 Å². The van der Waals surface area contributed by atoms with Crippen molar-refractivity contribution in [3.05, 3.63) is 34.9 Å². The van der Waals surface area contributed by atoms with Crippen molar-refractivity contribution in [2.45, 2.75) is 39.0 Å². The fraction of sp³-hybridized carbons (Fsp3) is 0.600. The van der Waals surface area contributed by atoms with Crippen molar-refractivity contribution in [2.24, 2.45) is 5.41 Å². The summed E-state index contributed by atoms with van der Waals surface area (Å²) in [6.07, 6.45) is 5.22. The molecule has 0 atom stereocenters. The summed E-state index contributed by atoms with van der Waals surface area (Å²) in [6, 6.07) is 6.63. The van der Waals surface area contributed by atoms with Crippen LogP contribution >= 0.6 is 0 Å². The minimum absolute atomic E-state index is 0.0527. The van der Waals surface area contributed by atoms with Crippen LogP contribution in [0.15, 0.2) is 18.2 Å². The highest BCUT2D eigenvalue weighted by atomic mass is 16.3. The van der Waals surface area contributed by atoms with Crippen LogP contribution in [-0.4, -0.2) is 23.4 Å². The van der Waals surface area contributed by atoms with Crippen molar-refractivity contribution in [1.29, 1.82) is 0 Å². The van der Waals surface area contributed by atoms with E-state index in [9.17, 15) is 10.2 Å². The first-order valence-electron chi connectivity index (χ1n) is 6.55. The van der Waals surface area contributed by atoms with Gasteiger partial charge in [-0.2, -0.15) is 0 Å². The van der Waals surface area contributed by atoms with Crippen LogP contribution in [0.2, 0.25) is 0 Å². The van der Waals surface area contributed by atoms with Gasteiger partial charge < -0.3 is 10.2 Å². The van der Waals surface area contributed by atoms with Gasteiger partial charge in [0.25, 0.3) is 0 Å². The second-order valence-corrected chi connectivity index (χ2v) is 5.30. The first kappa shape index (κ1) is 12.6. The zero-order valence-electron chi connectivity index (χ0n) is 10.6. The zero-order valence-corrected chi connectivity index (χ0v) is 10.6. The van der Waals surface area contributed by atoms with Crippen molar-refractivity contribution in [1.82, 2.24) is 0 Å². The smallest absolute Gasteiger partial charge is 0.0512 e. The maximum Gasteiger partial charge on any atom is 0.0512 e. The van der Waals surface area contributed by atoms with E-state index < -0.39 is 0 Å². The molecule has 0 aromatic heterocycles. The lowest BCUT2D eigenvalue weighted by Gasteiger charge is -2.28. The van der Waals surface area contributed by atoms with Gasteiger partial charge in [0.05, 0.1) is 13.2 Å². The summed E-state index contributed by atoms with van der Waals surface area (Å²) in [5, 5.41) is 18.9. The molecule has 94 valence electrons. The van der Waals surface area contributed by atoms with Gasteiger partial charge in [-0.05, 0) is 48.8 Å². The zero-order chi connectivity index (χ0) is 12.3. The van der Waals surface area contributed by atoms with E-state index in [4.69, 9.17) is 0 Å². The number of benzene rings is 1. The van der Waals surface area contributed by atoms with Gasteiger partial charge in [-0.3, -0.25) is 0 Å². The Balaban J connectivity index is 2.18. The van der Waals surface area contributed by atoms with E-state index in [1.54, 1.807) is 0 Å². The molecule has 0 bridgehead atoms. The monoisotopic (exact) mass is 234 g/mol. The summed E-state index contributed by atoms with van der Waals surface area (Å²) >= 11 is 0. The Morgan fingerprint density at radius 2 is 1.82 bits per heavy atom. The Morgan fingerprint density at radius 1 is 1.12 bits per heavy atom. The van der Waals surface area contributed by atoms with Gasteiger partial charge in [-0.25, -0.2) is 0 Å². The van der Waals surface area contributed by atoms with Crippen molar-refractivity contribution < 1.29 is 10.2 Å². The van der Waals surface area contributed by atoms with E-state index in [-0.39, 0.29) is 18.6 Å². The molecule has 2 rings (SSSR count). The van der Waals surface area contributed by atoms with Gasteiger partial charge in [-0.15, -0.1) is 0 Å². The van der Waals surface area contributed by atoms with Crippen molar-refractivity contribution >= 4 is 0 Å². The molecule has 2 heteroatoms. The maximum absolute atomic E-state index is 9.47. The molecule has 0 amide bonds. The molecular formula is C15H22O2. The summed E-state index contributed by atoms with van der Waals surface area (Å²) in [5.74, 6) is 0. The molecule has 17 heavy (non-hydrogen) atoms. The fourth-order valence-corrected chi connectivity index (χ4v) is 2.68. The highest BCUT2D eigenvalue weighted by Gasteiger charge is 2.27. The number of aliphatic hydroxyl groups excluding tert-OH is 2. The molecule has 0 saturated carbocycles. The van der Waals surface area contributed by atoms with Crippen LogP contribution < -0.4 is 0 Å². The van der Waals surface area contributed by atoms with Crippen LogP contribution in [0.3, 0.4) is 0 Å². The number of aryl methyl sites for hydroxylation is 2. The predicted molar refractivity (Wildman–Crippen MR) is 69.1 cm³/mol. The molecule has 1 aromatic rings. The Kier molecular flexibility index (Phi) is 3.85. The molecule has 1 aromatic carbocycles. The van der Waals surface area contributed by atoms with Crippen molar-refractivity contribution in [2.75, 3.05) is 13.2 Å². The Morgan fingerprint density at radius 3 is 2.47 bits per heavy atom. The highest BCUT2D eigenvalue weighted by molar-refractivity contribution is 5.35. The first-order chi connectivity index (χ1) is 8.23. The Bertz CT molecular complexity index is 372. The van der Waals surface area contributed by atoms with Crippen molar-refractivity contribution in [3.63, 3.8) is 0 Å². The number of hydrogen-bond donors (Lipinski definition) is 2. The van der Waals surface area contributed by atoms with Crippen LogP contribution in [0.1, 0.15) is 36.5 Å². The van der Waals surface area contributed by atoms with Gasteiger partial charge in [0.2, 0.25) is 0 Å². The second-order valence-electron chi connectivity index (χ2n) is 5.30. The summed E-state index contributed by atoms with van der Waals surface area (Å²) in [4.78, 5) is 0. The molecule has 0 radical (unpaired) electrons. The lowest BCUT2D eigenvalue weighted by atomic mass is 9.80. The molecule has 0 spiro atoms. The van der Waals surface area contributed by atoms with Gasteiger partial charge in [0.1, 0.15) is 0 Å². The van der Waals surface area contributed by atoms with Gasteiger partial charge >= 0.3 is 0 Å². The van der Waals surface area contributed by atoms with Crippen LogP contribution in [0.4, 0.5) is 0 Å². The minimum atomic E-state index is -0.354. The molecule has 0 saturated heterocycles. The molecule has 0 fully saturated rings. The van der Waals surface area contributed by atoms with Gasteiger partial charge in [0, 0.05) is 5.41 Å². The number of aliphatic hydroxyl groups is 2. The molecule has 0 unspecified atom stereocenters. The Labute approximate surface area is 103 Å². The average molecular weight is 234 g/mol. The molecule has 1 aliphatic rings. The minimum Gasteiger partial charge on any atom is -0.396 e. The molecular weight excluding hydrogens is 212 g/mol. The molecule has 1 aliphatic carbocycles. The summed E-state index contributed by atoms with van der Waals surface area (Å²) in [6.45, 7) is 2.13. The molecule has 2 nitrogen and oxygen atoms in total. The second kappa shape index (κ2) is 5.19. The van der Waals surface area contributed by atoms with E-state index in [0.29, 0.717) is 0 Å². The molecule has 2 N–H and O–H groups in total. The number of rotatable bonds is 5. The van der Waals surface area contributed by atoms with E-state index in [2.05, 4.69) is 18.2 Å². The third kappa shape index (κ3) is 2.53. The first-order valence-corrected chi connectivity index (χ1v) is 6.55. The van der Waals surface area contributed by atoms with Crippen LogP contribution in [-0.2, 0) is 19.3 Å². The lowest BCUT2D eigenvalue weighted by Crippen LogP contribution is -2.31. The fourth-order valence-electron chi connectivity index (χ4n) is 2.68. The van der Waals surface area contributed by atoms with E-state index >= 15 is 0 Å². The van der Waals surface area contributed by atoms with Crippen LogP contribution in [0.25, 0.3) is 0 Å². The molecule has 0 aliphatic heterocycles. The Hall–Kier alpha value is -0.860. The van der Waals surface area contributed by atoms with Gasteiger partial charge in [-0.1, -0.05) is 25.1 Å². The standard InChI is InChI=1S/C15H22O2/c1-2-15(10-16,11-17)9-12-6-7-13-4-3-5-14(13)8-12/h6-8,16-17H,2-5,9-11H2,1H3. The van der Waals surface area contributed by atoms with Gasteiger partial charge in [0.15, 0.2) is 0 Å². The summed E-state index contributed by atoms with van der Waals surface area (Å²) in [5.41, 5.74) is 3.83. The quantitative estimate of drug-likeness (QED) is 0.819. The maximum atomic E-state index is 9.47. The summed E-state index contributed by atoms with van der Waals surface area (Å²) in [7, 11) is 0. The predicted octanol–water partition coefficient (Wildman–Crippen LogP) is 2.10. The van der Waals surface area contributed by atoms with E-state index in [0.717, 1.165) is 12.8 Å². The average Bonchev–Trinajstić information content (AvgIpc) is 2.83. The SMILES string of the molecule is CCC(CO)(CO)Cc1ccc2c(c1)CCC2. The number of fused-ring (bicyclic) bond motifs is 1. The number of hydrogen-bond acceptors (Lipinski definition) is 2. The van der Waals surface area contributed by atoms with Crippen molar-refractivity contribution in [3.8, 4) is 0 Å². The third-order valence-electron chi connectivity index (χ3n) is 4.16. The summed E-state index contributed by atoms with van der Waals surface area (Å²) < 4.78 is 0. The normalized spacial score (nSPS) is 15.0. The largest absolute Gasteiger partial charge is 0.396 e. The lowest BCUT2D eigenvalue weighted by molar-refractivity contribution is 0.0514. The van der Waals surface area contributed by atoms with Crippen LogP contribution in [0, 0.1) is 5.41 Å². The molecule has 0 heterocycles.